The Morgan fingerprint density at radius 3 is 3.00 bits per heavy atom. The Bertz CT molecular complexity index is 277. The third-order valence-corrected chi connectivity index (χ3v) is 2.43. The van der Waals surface area contributed by atoms with Crippen LogP contribution in [0.15, 0.2) is 12.3 Å². The highest BCUT2D eigenvalue weighted by atomic mass is 15.2. The summed E-state index contributed by atoms with van der Waals surface area (Å²) in [5.41, 5.74) is 2.63. The van der Waals surface area contributed by atoms with E-state index in [1.54, 1.807) is 0 Å². The first-order valence-corrected chi connectivity index (χ1v) is 4.35. The van der Waals surface area contributed by atoms with Crippen LogP contribution in [0.3, 0.4) is 0 Å². The summed E-state index contributed by atoms with van der Waals surface area (Å²) in [7, 11) is 4.13. The van der Waals surface area contributed by atoms with Gasteiger partial charge in [-0.25, -0.2) is 0 Å². The molecule has 1 aliphatic heterocycles. The summed E-state index contributed by atoms with van der Waals surface area (Å²) >= 11 is 0. The third kappa shape index (κ3) is 1.20. The van der Waals surface area contributed by atoms with E-state index in [9.17, 15) is 0 Å². The average molecular weight is 165 g/mol. The number of aromatic nitrogens is 1. The molecule has 1 aromatic heterocycles. The highest BCUT2D eigenvalue weighted by Crippen LogP contribution is 2.17. The van der Waals surface area contributed by atoms with E-state index in [1.165, 1.54) is 11.4 Å². The largest absolute Gasteiger partial charge is 0.387 e. The van der Waals surface area contributed by atoms with Crippen molar-refractivity contribution in [2.75, 3.05) is 26.0 Å². The van der Waals surface area contributed by atoms with Gasteiger partial charge in [0, 0.05) is 38.6 Å². The Kier molecular flexibility index (Phi) is 1.81. The quantitative estimate of drug-likeness (QED) is 0.669. The topological polar surface area (TPSA) is 20.2 Å². The lowest BCUT2D eigenvalue weighted by Gasteiger charge is -2.24. The molecule has 0 unspecified atom stereocenters. The molecule has 0 fully saturated rings. The number of rotatable bonds is 1. The number of nitrogens with one attached hydrogen (secondary N) is 1. The van der Waals surface area contributed by atoms with E-state index in [-0.39, 0.29) is 0 Å². The maximum absolute atomic E-state index is 3.16. The predicted molar refractivity (Wildman–Crippen MR) is 50.3 cm³/mol. The van der Waals surface area contributed by atoms with Crippen molar-refractivity contribution >= 4 is 5.69 Å². The Balaban J connectivity index is 2.28. The maximum atomic E-state index is 3.16. The Hall–Kier alpha value is -0.960. The highest BCUT2D eigenvalue weighted by Gasteiger charge is 2.12. The minimum atomic E-state index is 1.07. The fraction of sp³-hybridized carbons (Fsp3) is 0.556. The van der Waals surface area contributed by atoms with Gasteiger partial charge in [0.15, 0.2) is 0 Å². The standard InChI is InChI=1S/C9H15N3/c1-10-8-5-9-7-11(2)3-4-12(9)6-8/h5-6,10H,3-4,7H2,1-2H3. The van der Waals surface area contributed by atoms with Crippen LogP contribution in [0, 0.1) is 0 Å². The van der Waals surface area contributed by atoms with Crippen molar-refractivity contribution in [3.63, 3.8) is 0 Å². The van der Waals surface area contributed by atoms with E-state index >= 15 is 0 Å². The van der Waals surface area contributed by atoms with Crippen LogP contribution in [0.2, 0.25) is 0 Å². The van der Waals surface area contributed by atoms with Gasteiger partial charge in [0.1, 0.15) is 0 Å². The summed E-state index contributed by atoms with van der Waals surface area (Å²) in [6.07, 6.45) is 2.18. The van der Waals surface area contributed by atoms with Crippen molar-refractivity contribution in [2.24, 2.45) is 0 Å². The number of likely N-dealkylation sites (N-methyl/N-ethyl adjacent to an activating group) is 1. The van der Waals surface area contributed by atoms with E-state index in [1.807, 2.05) is 7.05 Å². The molecule has 0 aliphatic carbocycles. The van der Waals surface area contributed by atoms with Crippen molar-refractivity contribution in [1.29, 1.82) is 0 Å². The second kappa shape index (κ2) is 2.83. The van der Waals surface area contributed by atoms with Crippen molar-refractivity contribution in [3.05, 3.63) is 18.0 Å². The molecule has 0 saturated heterocycles. The monoisotopic (exact) mass is 165 g/mol. The van der Waals surface area contributed by atoms with Gasteiger partial charge >= 0.3 is 0 Å². The van der Waals surface area contributed by atoms with Crippen LogP contribution in [-0.2, 0) is 13.1 Å². The minimum absolute atomic E-state index is 1.07. The molecule has 3 heteroatoms. The van der Waals surface area contributed by atoms with E-state index in [0.29, 0.717) is 0 Å². The second-order valence-corrected chi connectivity index (χ2v) is 3.40. The highest BCUT2D eigenvalue weighted by molar-refractivity contribution is 5.43. The minimum Gasteiger partial charge on any atom is -0.387 e. The lowest BCUT2D eigenvalue weighted by Crippen LogP contribution is -2.29. The molecule has 0 atom stereocenters. The molecule has 1 aliphatic rings. The first kappa shape index (κ1) is 7.68. The Morgan fingerprint density at radius 1 is 1.42 bits per heavy atom. The first-order chi connectivity index (χ1) is 5.79. The summed E-state index contributed by atoms with van der Waals surface area (Å²) in [4.78, 5) is 2.34. The normalized spacial score (nSPS) is 17.5. The summed E-state index contributed by atoms with van der Waals surface area (Å²) < 4.78 is 2.33. The summed E-state index contributed by atoms with van der Waals surface area (Å²) in [5, 5.41) is 3.16. The zero-order chi connectivity index (χ0) is 8.55. The lowest BCUT2D eigenvalue weighted by molar-refractivity contribution is 0.270. The second-order valence-electron chi connectivity index (χ2n) is 3.40. The van der Waals surface area contributed by atoms with Crippen molar-refractivity contribution < 1.29 is 0 Å². The van der Waals surface area contributed by atoms with Crippen molar-refractivity contribution in [2.45, 2.75) is 13.1 Å². The molecule has 0 amide bonds. The van der Waals surface area contributed by atoms with Gasteiger partial charge in [-0.15, -0.1) is 0 Å². The molecule has 0 saturated carbocycles. The van der Waals surface area contributed by atoms with E-state index in [4.69, 9.17) is 0 Å². The van der Waals surface area contributed by atoms with Gasteiger partial charge in [0.2, 0.25) is 0 Å². The number of anilines is 1. The Labute approximate surface area is 73.0 Å². The summed E-state index contributed by atoms with van der Waals surface area (Å²) in [6, 6.07) is 2.22. The Morgan fingerprint density at radius 2 is 2.25 bits per heavy atom. The van der Waals surface area contributed by atoms with Crippen LogP contribution in [-0.4, -0.2) is 30.1 Å². The lowest BCUT2D eigenvalue weighted by atomic mass is 10.3. The SMILES string of the molecule is CNc1cc2n(c1)CCN(C)C2. The predicted octanol–water partition coefficient (Wildman–Crippen LogP) is 0.975. The van der Waals surface area contributed by atoms with E-state index < -0.39 is 0 Å². The average Bonchev–Trinajstić information content (AvgIpc) is 2.46. The summed E-state index contributed by atoms with van der Waals surface area (Å²) in [5.74, 6) is 0. The molecule has 0 radical (unpaired) electrons. The molecular formula is C9H15N3. The van der Waals surface area contributed by atoms with Crippen LogP contribution in [0.25, 0.3) is 0 Å². The molecule has 0 spiro atoms. The first-order valence-electron chi connectivity index (χ1n) is 4.35. The zero-order valence-corrected chi connectivity index (χ0v) is 7.67. The molecule has 3 nitrogen and oxygen atoms in total. The van der Waals surface area contributed by atoms with Gasteiger partial charge in [-0.05, 0) is 13.1 Å². The molecule has 12 heavy (non-hydrogen) atoms. The number of fused-ring (bicyclic) bond motifs is 1. The van der Waals surface area contributed by atoms with Gasteiger partial charge in [-0.3, -0.25) is 4.90 Å². The number of hydrogen-bond donors (Lipinski definition) is 1. The van der Waals surface area contributed by atoms with Crippen LogP contribution in [0.1, 0.15) is 5.69 Å². The molecule has 2 heterocycles. The van der Waals surface area contributed by atoms with Gasteiger partial charge in [0.05, 0.1) is 5.69 Å². The van der Waals surface area contributed by atoms with Crippen molar-refractivity contribution in [1.82, 2.24) is 9.47 Å². The fourth-order valence-corrected chi connectivity index (χ4v) is 1.67. The molecule has 0 bridgehead atoms. The number of nitrogens with zero attached hydrogens (tertiary/aromatic N) is 2. The molecule has 66 valence electrons. The zero-order valence-electron chi connectivity index (χ0n) is 7.67. The molecule has 0 aromatic carbocycles. The van der Waals surface area contributed by atoms with Crippen LogP contribution < -0.4 is 5.32 Å². The third-order valence-electron chi connectivity index (χ3n) is 2.43. The van der Waals surface area contributed by atoms with Crippen LogP contribution in [0.4, 0.5) is 5.69 Å². The fourth-order valence-electron chi connectivity index (χ4n) is 1.67. The van der Waals surface area contributed by atoms with Crippen LogP contribution >= 0.6 is 0 Å². The van der Waals surface area contributed by atoms with Gasteiger partial charge in [-0.1, -0.05) is 0 Å². The molecule has 1 aromatic rings. The molecular weight excluding hydrogens is 150 g/mol. The van der Waals surface area contributed by atoms with Crippen LogP contribution in [0.5, 0.6) is 0 Å². The van der Waals surface area contributed by atoms with Gasteiger partial charge in [-0.2, -0.15) is 0 Å². The maximum Gasteiger partial charge on any atom is 0.0520 e. The van der Waals surface area contributed by atoms with E-state index in [2.05, 4.69) is 34.1 Å². The molecule has 2 rings (SSSR count). The smallest absolute Gasteiger partial charge is 0.0520 e. The number of hydrogen-bond acceptors (Lipinski definition) is 2. The molecule has 1 N–H and O–H groups in total. The summed E-state index contributed by atoms with van der Waals surface area (Å²) in [6.45, 7) is 3.35. The van der Waals surface area contributed by atoms with Gasteiger partial charge < -0.3 is 9.88 Å². The van der Waals surface area contributed by atoms with E-state index in [0.717, 1.165) is 19.6 Å². The van der Waals surface area contributed by atoms with Gasteiger partial charge in [0.25, 0.3) is 0 Å². The van der Waals surface area contributed by atoms with Crippen molar-refractivity contribution in [3.8, 4) is 0 Å².